The average molecular weight is 411 g/mol. The minimum absolute atomic E-state index is 0. The van der Waals surface area contributed by atoms with E-state index in [1.165, 1.54) is 11.1 Å². The molecule has 2 aromatic rings. The Labute approximate surface area is 123 Å². The van der Waals surface area contributed by atoms with Crippen molar-refractivity contribution in [3.8, 4) is 0 Å². The van der Waals surface area contributed by atoms with Gasteiger partial charge in [-0.1, -0.05) is 6.07 Å². The molecule has 0 atom stereocenters. The van der Waals surface area contributed by atoms with Crippen LogP contribution in [0.5, 0.6) is 0 Å². The molecule has 1 aliphatic heterocycles. The molecule has 2 heterocycles. The van der Waals surface area contributed by atoms with Crippen molar-refractivity contribution < 1.29 is 21.1 Å². The largest absolute Gasteiger partial charge is 2.00 e. The van der Waals surface area contributed by atoms with E-state index in [0.717, 1.165) is 31.7 Å². The average Bonchev–Trinajstić information content (AvgIpc) is 2.39. The van der Waals surface area contributed by atoms with Gasteiger partial charge in [-0.2, -0.15) is 0 Å². The Morgan fingerprint density at radius 1 is 1.06 bits per heavy atom. The number of rotatable bonds is 1. The SMILES string of the molecule is [CH3-].[W+2].c1cc(N2CC[N-]CC2)c2cccnc2c1. The van der Waals surface area contributed by atoms with Crippen molar-refractivity contribution in [3.63, 3.8) is 0 Å². The van der Waals surface area contributed by atoms with Gasteiger partial charge in [-0.15, -0.1) is 13.1 Å². The summed E-state index contributed by atoms with van der Waals surface area (Å²) in [5.41, 5.74) is 2.36. The Kier molecular flexibility index (Phi) is 5.77. The second-order valence-corrected chi connectivity index (χ2v) is 4.01. The predicted molar refractivity (Wildman–Crippen MR) is 73.5 cm³/mol. The maximum absolute atomic E-state index is 4.39. The minimum Gasteiger partial charge on any atom is -0.659 e. The van der Waals surface area contributed by atoms with E-state index in [1.807, 2.05) is 12.3 Å². The van der Waals surface area contributed by atoms with Gasteiger partial charge < -0.3 is 17.6 Å². The van der Waals surface area contributed by atoms with E-state index in [0.29, 0.717) is 0 Å². The van der Waals surface area contributed by atoms with Crippen molar-refractivity contribution in [3.05, 3.63) is 49.3 Å². The number of benzene rings is 1. The van der Waals surface area contributed by atoms with Crippen LogP contribution in [-0.2, 0) is 21.1 Å². The molecule has 1 aromatic heterocycles. The van der Waals surface area contributed by atoms with E-state index in [1.54, 1.807) is 0 Å². The summed E-state index contributed by atoms with van der Waals surface area (Å²) in [6.45, 7) is 3.93. The maximum atomic E-state index is 4.39. The zero-order valence-electron chi connectivity index (χ0n) is 10.5. The molecule has 1 aromatic carbocycles. The fraction of sp³-hybridized carbons (Fsp3) is 0.286. The summed E-state index contributed by atoms with van der Waals surface area (Å²) in [7, 11) is 0. The van der Waals surface area contributed by atoms with Crippen LogP contribution in [0.15, 0.2) is 36.5 Å². The summed E-state index contributed by atoms with van der Waals surface area (Å²) >= 11 is 0. The van der Waals surface area contributed by atoms with Gasteiger partial charge in [0.05, 0.1) is 5.52 Å². The monoisotopic (exact) mass is 411 g/mol. The Morgan fingerprint density at radius 3 is 2.61 bits per heavy atom. The van der Waals surface area contributed by atoms with E-state index in [4.69, 9.17) is 0 Å². The number of nitrogens with zero attached hydrogens (tertiary/aromatic N) is 3. The molecule has 0 N–H and O–H groups in total. The molecule has 3 rings (SSSR count). The van der Waals surface area contributed by atoms with Crippen LogP contribution in [0.4, 0.5) is 5.69 Å². The first-order valence-corrected chi connectivity index (χ1v) is 5.67. The predicted octanol–water partition coefficient (Wildman–Crippen LogP) is 2.88. The third-order valence-corrected chi connectivity index (χ3v) is 3.02. The maximum Gasteiger partial charge on any atom is 2.00 e. The van der Waals surface area contributed by atoms with Gasteiger partial charge in [-0.05, 0) is 37.4 Å². The molecule has 0 spiro atoms. The molecule has 0 aliphatic carbocycles. The number of pyridine rings is 1. The molecule has 94 valence electrons. The van der Waals surface area contributed by atoms with Gasteiger partial charge in [0.15, 0.2) is 0 Å². The summed E-state index contributed by atoms with van der Waals surface area (Å²) in [6.07, 6.45) is 1.84. The normalized spacial score (nSPS) is 14.8. The molecule has 0 radical (unpaired) electrons. The molecule has 0 amide bonds. The van der Waals surface area contributed by atoms with Crippen LogP contribution in [0.3, 0.4) is 0 Å². The molecule has 1 aliphatic rings. The van der Waals surface area contributed by atoms with Crippen LogP contribution in [-0.4, -0.2) is 31.2 Å². The molecule has 0 unspecified atom stereocenters. The third-order valence-electron chi connectivity index (χ3n) is 3.02. The third kappa shape index (κ3) is 2.90. The summed E-state index contributed by atoms with van der Waals surface area (Å²) in [5.74, 6) is 0. The van der Waals surface area contributed by atoms with Crippen LogP contribution >= 0.6 is 0 Å². The quantitative estimate of drug-likeness (QED) is 0.676. The van der Waals surface area contributed by atoms with Gasteiger partial charge in [0.25, 0.3) is 0 Å². The van der Waals surface area contributed by atoms with Gasteiger partial charge >= 0.3 is 21.1 Å². The molecule has 0 bridgehead atoms. The summed E-state index contributed by atoms with van der Waals surface area (Å²) in [4.78, 5) is 6.79. The number of aromatic nitrogens is 1. The molecule has 4 heteroatoms. The summed E-state index contributed by atoms with van der Waals surface area (Å²) in [6, 6.07) is 10.5. The zero-order valence-corrected chi connectivity index (χ0v) is 13.5. The van der Waals surface area contributed by atoms with Crippen molar-refractivity contribution in [2.75, 3.05) is 31.1 Å². The molecule has 18 heavy (non-hydrogen) atoms. The van der Waals surface area contributed by atoms with Crippen LogP contribution in [0.25, 0.3) is 16.2 Å². The molecule has 0 saturated carbocycles. The first-order chi connectivity index (χ1) is 7.95. The number of hydrogen-bond donors (Lipinski definition) is 0. The Morgan fingerprint density at radius 2 is 1.83 bits per heavy atom. The second kappa shape index (κ2) is 6.86. The number of piperazine rings is 1. The minimum atomic E-state index is 0. The van der Waals surface area contributed by atoms with E-state index in [9.17, 15) is 0 Å². The van der Waals surface area contributed by atoms with Crippen LogP contribution < -0.4 is 4.90 Å². The van der Waals surface area contributed by atoms with Crippen LogP contribution in [0.1, 0.15) is 0 Å². The van der Waals surface area contributed by atoms with Crippen molar-refractivity contribution in [2.45, 2.75) is 0 Å². The number of hydrogen-bond acceptors (Lipinski definition) is 2. The topological polar surface area (TPSA) is 30.2 Å². The Bertz CT molecular complexity index is 490. The fourth-order valence-corrected chi connectivity index (χ4v) is 2.21. The van der Waals surface area contributed by atoms with E-state index in [-0.39, 0.29) is 28.5 Å². The fourth-order valence-electron chi connectivity index (χ4n) is 2.21. The van der Waals surface area contributed by atoms with Gasteiger partial charge in [0.2, 0.25) is 0 Å². The van der Waals surface area contributed by atoms with E-state index in [2.05, 4.69) is 39.5 Å². The first kappa shape index (κ1) is 15.1. The van der Waals surface area contributed by atoms with E-state index < -0.39 is 0 Å². The van der Waals surface area contributed by atoms with Crippen molar-refractivity contribution in [1.82, 2.24) is 4.98 Å². The zero-order chi connectivity index (χ0) is 10.8. The Balaban J connectivity index is 0.000000810. The molecule has 3 nitrogen and oxygen atoms in total. The van der Waals surface area contributed by atoms with Crippen LogP contribution in [0, 0.1) is 7.43 Å². The Hall–Kier alpha value is -0.922. The van der Waals surface area contributed by atoms with Crippen LogP contribution in [0.2, 0.25) is 0 Å². The summed E-state index contributed by atoms with van der Waals surface area (Å²) in [5, 5.41) is 5.62. The molecule has 1 saturated heterocycles. The first-order valence-electron chi connectivity index (χ1n) is 5.67. The van der Waals surface area contributed by atoms with E-state index >= 15 is 0 Å². The van der Waals surface area contributed by atoms with Crippen molar-refractivity contribution in [1.29, 1.82) is 0 Å². The number of fused-ring (bicyclic) bond motifs is 1. The standard InChI is InChI=1S/C13H14N3.CH3.W/c1-4-12-11(3-2-6-15-12)13(5-1)16-9-7-14-8-10-16;;/h1-6H,7-10H2;1H3;/q2*-1;+2. The van der Waals surface area contributed by atoms with Gasteiger partial charge in [0, 0.05) is 17.3 Å². The van der Waals surface area contributed by atoms with Crippen molar-refractivity contribution >= 4 is 16.6 Å². The number of anilines is 1. The second-order valence-electron chi connectivity index (χ2n) is 4.01. The van der Waals surface area contributed by atoms with Crippen molar-refractivity contribution in [2.24, 2.45) is 0 Å². The molecular weight excluding hydrogens is 394 g/mol. The molecule has 1 fully saturated rings. The van der Waals surface area contributed by atoms with Gasteiger partial charge in [-0.3, -0.25) is 4.98 Å². The molecular formula is C14H17N3W. The van der Waals surface area contributed by atoms with Gasteiger partial charge in [0.1, 0.15) is 0 Å². The smallest absolute Gasteiger partial charge is 0.659 e. The van der Waals surface area contributed by atoms with Gasteiger partial charge in [-0.25, -0.2) is 0 Å². The summed E-state index contributed by atoms with van der Waals surface area (Å²) < 4.78 is 0.